The van der Waals surface area contributed by atoms with Gasteiger partial charge in [0.15, 0.2) is 0 Å². The smallest absolute Gasteiger partial charge is 1.00 e. The quantitative estimate of drug-likeness (QED) is 0.502. The zero-order chi connectivity index (χ0) is 12.7. The van der Waals surface area contributed by atoms with E-state index in [4.69, 9.17) is 0 Å². The standard InChI is InChI=1S/C17H29.2ClH.Zr/c1-5-9-14-13-15(10-6-2)17(12-8-4)16(14)11-7-3;;;/h14H,5-12H2,1-4H3;2*1H;/q-1;;;+3/p-2. The zero-order valence-corrected chi connectivity index (χ0v) is 17.5. The van der Waals surface area contributed by atoms with E-state index in [0.717, 1.165) is 0 Å². The van der Waals surface area contributed by atoms with E-state index >= 15 is 0 Å². The van der Waals surface area contributed by atoms with E-state index in [2.05, 4.69) is 33.8 Å². The zero-order valence-electron chi connectivity index (χ0n) is 13.5. The molecule has 1 rings (SSSR count). The summed E-state index contributed by atoms with van der Waals surface area (Å²) in [5.74, 6) is 0.656. The van der Waals surface area contributed by atoms with Crippen LogP contribution in [0.25, 0.3) is 0 Å². The molecule has 0 aromatic heterocycles. The van der Waals surface area contributed by atoms with Gasteiger partial charge < -0.3 is 24.8 Å². The minimum Gasteiger partial charge on any atom is -1.00 e. The van der Waals surface area contributed by atoms with Crippen molar-refractivity contribution in [2.45, 2.75) is 79.1 Å². The first-order valence-corrected chi connectivity index (χ1v) is 7.62. The summed E-state index contributed by atoms with van der Waals surface area (Å²) < 4.78 is 0. The number of allylic oxidation sites excluding steroid dienone is 4. The molecule has 0 N–H and O–H groups in total. The molecule has 0 aromatic carbocycles. The summed E-state index contributed by atoms with van der Waals surface area (Å²) in [6.45, 7) is 9.18. The third-order valence-corrected chi connectivity index (χ3v) is 3.62. The minimum atomic E-state index is 0. The number of hydrogen-bond donors (Lipinski definition) is 0. The Bertz CT molecular complexity index is 295. The summed E-state index contributed by atoms with van der Waals surface area (Å²) in [7, 11) is 0. The van der Waals surface area contributed by atoms with Gasteiger partial charge in [-0.15, -0.1) is 0 Å². The predicted octanol–water partition coefficient (Wildman–Crippen LogP) is -0.152. The van der Waals surface area contributed by atoms with Crippen LogP contribution in [0.1, 0.15) is 79.1 Å². The van der Waals surface area contributed by atoms with Crippen LogP contribution in [0.2, 0.25) is 0 Å². The second-order valence-electron chi connectivity index (χ2n) is 5.22. The normalized spacial score (nSPS) is 17.0. The second kappa shape index (κ2) is 14.9. The van der Waals surface area contributed by atoms with Crippen molar-refractivity contribution in [1.82, 2.24) is 0 Å². The molecular formula is C17H29Cl2Zr. The maximum absolute atomic E-state index is 3.81. The van der Waals surface area contributed by atoms with Crippen molar-refractivity contribution in [3.05, 3.63) is 22.8 Å². The summed E-state index contributed by atoms with van der Waals surface area (Å²) in [6.07, 6.45) is 14.0. The summed E-state index contributed by atoms with van der Waals surface area (Å²) in [4.78, 5) is 0. The topological polar surface area (TPSA) is 0 Å². The largest absolute Gasteiger partial charge is 3.00 e. The van der Waals surface area contributed by atoms with Gasteiger partial charge in [0.1, 0.15) is 0 Å². The van der Waals surface area contributed by atoms with Crippen molar-refractivity contribution in [1.29, 1.82) is 0 Å². The molecule has 1 aliphatic rings. The van der Waals surface area contributed by atoms with Crippen LogP contribution in [0.5, 0.6) is 0 Å². The van der Waals surface area contributed by atoms with Crippen LogP contribution in [0.4, 0.5) is 0 Å². The molecule has 1 radical (unpaired) electrons. The maximum Gasteiger partial charge on any atom is 3.00 e. The Morgan fingerprint density at radius 1 is 0.800 bits per heavy atom. The number of rotatable bonds is 8. The first kappa shape index (κ1) is 25.9. The second-order valence-corrected chi connectivity index (χ2v) is 5.22. The van der Waals surface area contributed by atoms with Gasteiger partial charge in [-0.25, -0.2) is 5.57 Å². The minimum absolute atomic E-state index is 0. The van der Waals surface area contributed by atoms with Crippen LogP contribution in [0.15, 0.2) is 16.7 Å². The van der Waals surface area contributed by atoms with Gasteiger partial charge in [-0.1, -0.05) is 78.6 Å². The molecule has 1 aliphatic carbocycles. The van der Waals surface area contributed by atoms with Crippen LogP contribution in [0.3, 0.4) is 0 Å². The Kier molecular flexibility index (Phi) is 19.2. The molecular weight excluding hydrogens is 366 g/mol. The average Bonchev–Trinajstić information content (AvgIpc) is 2.61. The molecule has 0 saturated carbocycles. The molecule has 0 saturated heterocycles. The molecule has 1 unspecified atom stereocenters. The molecule has 0 fully saturated rings. The summed E-state index contributed by atoms with van der Waals surface area (Å²) in [5.41, 5.74) is 4.99. The van der Waals surface area contributed by atoms with E-state index < -0.39 is 0 Å². The summed E-state index contributed by atoms with van der Waals surface area (Å²) in [5, 5.41) is 0. The van der Waals surface area contributed by atoms with Crippen LogP contribution < -0.4 is 24.8 Å². The molecule has 0 heterocycles. The molecule has 0 aliphatic heterocycles. The van der Waals surface area contributed by atoms with Crippen molar-refractivity contribution < 1.29 is 51.0 Å². The molecule has 0 amide bonds. The maximum atomic E-state index is 3.81. The third kappa shape index (κ3) is 7.28. The van der Waals surface area contributed by atoms with Gasteiger partial charge in [-0.05, 0) is 6.42 Å². The van der Waals surface area contributed by atoms with Gasteiger partial charge in [0.2, 0.25) is 0 Å². The van der Waals surface area contributed by atoms with Gasteiger partial charge in [-0.2, -0.15) is 11.1 Å². The molecule has 0 nitrogen and oxygen atoms in total. The van der Waals surface area contributed by atoms with Crippen LogP contribution >= 0.6 is 0 Å². The molecule has 0 aromatic rings. The van der Waals surface area contributed by atoms with Gasteiger partial charge in [-0.3, -0.25) is 6.08 Å². The first-order valence-electron chi connectivity index (χ1n) is 7.62. The van der Waals surface area contributed by atoms with Crippen LogP contribution in [-0.2, 0) is 26.2 Å². The predicted molar refractivity (Wildman–Crippen MR) is 76.9 cm³/mol. The Morgan fingerprint density at radius 2 is 1.35 bits per heavy atom. The van der Waals surface area contributed by atoms with Gasteiger partial charge in [0.25, 0.3) is 0 Å². The molecule has 1 atom stereocenters. The third-order valence-electron chi connectivity index (χ3n) is 3.62. The van der Waals surface area contributed by atoms with Gasteiger partial charge in [0.05, 0.1) is 0 Å². The van der Waals surface area contributed by atoms with E-state index in [1.165, 1.54) is 51.4 Å². The Morgan fingerprint density at radius 3 is 1.80 bits per heavy atom. The molecule has 20 heavy (non-hydrogen) atoms. The number of halogens is 2. The molecule has 0 bridgehead atoms. The van der Waals surface area contributed by atoms with Gasteiger partial charge >= 0.3 is 26.2 Å². The Labute approximate surface area is 158 Å². The average molecular weight is 396 g/mol. The van der Waals surface area contributed by atoms with Gasteiger partial charge in [0, 0.05) is 0 Å². The Balaban J connectivity index is -0.000000963. The van der Waals surface area contributed by atoms with Crippen LogP contribution in [-0.4, -0.2) is 0 Å². The van der Waals surface area contributed by atoms with E-state index in [-0.39, 0.29) is 51.0 Å². The fourth-order valence-electron chi connectivity index (χ4n) is 2.95. The molecule has 3 heteroatoms. The Hall–Kier alpha value is 0.943. The van der Waals surface area contributed by atoms with Crippen molar-refractivity contribution in [3.63, 3.8) is 0 Å². The van der Waals surface area contributed by atoms with Crippen molar-refractivity contribution in [2.75, 3.05) is 0 Å². The van der Waals surface area contributed by atoms with E-state index in [0.29, 0.717) is 5.92 Å². The fourth-order valence-corrected chi connectivity index (χ4v) is 2.95. The first-order chi connectivity index (χ1) is 8.28. The summed E-state index contributed by atoms with van der Waals surface area (Å²) in [6, 6.07) is 0. The number of hydrogen-bond acceptors (Lipinski definition) is 0. The van der Waals surface area contributed by atoms with E-state index in [1.54, 1.807) is 16.7 Å². The molecule has 115 valence electrons. The summed E-state index contributed by atoms with van der Waals surface area (Å²) >= 11 is 0. The van der Waals surface area contributed by atoms with Crippen molar-refractivity contribution in [3.8, 4) is 0 Å². The monoisotopic (exact) mass is 393 g/mol. The fraction of sp³-hybridized carbons (Fsp3) is 0.765. The van der Waals surface area contributed by atoms with Crippen molar-refractivity contribution in [2.24, 2.45) is 5.92 Å². The van der Waals surface area contributed by atoms with Crippen molar-refractivity contribution >= 4 is 0 Å². The van der Waals surface area contributed by atoms with E-state index in [9.17, 15) is 0 Å². The van der Waals surface area contributed by atoms with E-state index in [1.807, 2.05) is 0 Å². The SMILES string of the molecule is CCCC1=[C-]C(CCC)C(CCC)=C1CCC.[Cl-].[Cl-].[Zr+3]. The molecule has 0 spiro atoms. The van der Waals surface area contributed by atoms with Crippen LogP contribution in [0, 0.1) is 12.0 Å².